The van der Waals surface area contributed by atoms with Gasteiger partial charge in [0.1, 0.15) is 5.75 Å². The zero-order valence-corrected chi connectivity index (χ0v) is 18.1. The summed E-state index contributed by atoms with van der Waals surface area (Å²) < 4.78 is 6.07. The second kappa shape index (κ2) is 11.4. The van der Waals surface area contributed by atoms with Crippen LogP contribution in [0.15, 0.2) is 23.2 Å². The first-order valence-corrected chi connectivity index (χ1v) is 11.3. The van der Waals surface area contributed by atoms with Gasteiger partial charge in [-0.25, -0.2) is 4.99 Å². The lowest BCUT2D eigenvalue weighted by molar-refractivity contribution is 0.0823. The number of piperidine rings is 1. The minimum atomic E-state index is -0.100. The van der Waals surface area contributed by atoms with Gasteiger partial charge in [-0.15, -0.1) is 0 Å². The number of aryl methyl sites for hydroxylation is 1. The normalized spacial score (nSPS) is 18.7. The van der Waals surface area contributed by atoms with E-state index in [9.17, 15) is 5.11 Å². The van der Waals surface area contributed by atoms with Crippen LogP contribution >= 0.6 is 0 Å². The molecule has 2 aliphatic rings. The number of benzene rings is 1. The van der Waals surface area contributed by atoms with Crippen LogP contribution in [-0.4, -0.2) is 61.4 Å². The smallest absolute Gasteiger partial charge is 0.191 e. The number of aliphatic hydroxyl groups is 1. The lowest BCUT2D eigenvalue weighted by atomic mass is 10.1. The lowest BCUT2D eigenvalue weighted by Crippen LogP contribution is -2.40. The summed E-state index contributed by atoms with van der Waals surface area (Å²) in [5.74, 6) is 2.58. The molecular formula is C23H38N4O2. The van der Waals surface area contributed by atoms with Gasteiger partial charge in [0.05, 0.1) is 19.3 Å². The predicted octanol–water partition coefficient (Wildman–Crippen LogP) is 2.69. The number of aliphatic imine (C=N–C) groups is 1. The van der Waals surface area contributed by atoms with E-state index in [2.05, 4.69) is 47.6 Å². The average molecular weight is 403 g/mol. The molecule has 29 heavy (non-hydrogen) atoms. The Balaban J connectivity index is 1.46. The molecule has 6 heteroatoms. The van der Waals surface area contributed by atoms with Crippen molar-refractivity contribution in [1.29, 1.82) is 0 Å². The Hall–Kier alpha value is -1.79. The minimum Gasteiger partial charge on any atom is -0.493 e. The summed E-state index contributed by atoms with van der Waals surface area (Å²) in [5.41, 5.74) is 2.36. The zero-order valence-electron chi connectivity index (χ0n) is 18.1. The van der Waals surface area contributed by atoms with Crippen LogP contribution < -0.4 is 15.4 Å². The first-order chi connectivity index (χ1) is 14.1. The van der Waals surface area contributed by atoms with E-state index < -0.39 is 0 Å². The number of hydrogen-bond donors (Lipinski definition) is 3. The number of nitrogens with zero attached hydrogens (tertiary/aromatic N) is 2. The molecule has 0 aromatic heterocycles. The molecule has 1 saturated carbocycles. The number of rotatable bonds is 10. The third-order valence-electron chi connectivity index (χ3n) is 5.65. The highest BCUT2D eigenvalue weighted by molar-refractivity contribution is 5.79. The molecule has 0 atom stereocenters. The molecule has 0 radical (unpaired) electrons. The minimum absolute atomic E-state index is 0.100. The second-order valence-electron chi connectivity index (χ2n) is 8.41. The van der Waals surface area contributed by atoms with Gasteiger partial charge in [-0.1, -0.05) is 12.1 Å². The van der Waals surface area contributed by atoms with Gasteiger partial charge in [-0.3, -0.25) is 0 Å². The summed E-state index contributed by atoms with van der Waals surface area (Å²) in [6, 6.07) is 6.39. The Bertz CT molecular complexity index is 652. The quantitative estimate of drug-likeness (QED) is 0.319. The van der Waals surface area contributed by atoms with Gasteiger partial charge in [0.2, 0.25) is 0 Å². The number of guanidine groups is 1. The molecule has 0 bridgehead atoms. The van der Waals surface area contributed by atoms with Crippen molar-refractivity contribution in [3.05, 3.63) is 29.3 Å². The molecule has 1 aliphatic carbocycles. The van der Waals surface area contributed by atoms with Crippen LogP contribution in [0.2, 0.25) is 0 Å². The lowest BCUT2D eigenvalue weighted by Gasteiger charge is -2.29. The summed E-state index contributed by atoms with van der Waals surface area (Å²) in [4.78, 5) is 7.22. The molecule has 1 aliphatic heterocycles. The van der Waals surface area contributed by atoms with Crippen molar-refractivity contribution in [3.63, 3.8) is 0 Å². The van der Waals surface area contributed by atoms with Crippen molar-refractivity contribution in [2.75, 3.05) is 39.3 Å². The highest BCUT2D eigenvalue weighted by Gasteiger charge is 2.22. The van der Waals surface area contributed by atoms with E-state index in [1.807, 2.05) is 0 Å². The van der Waals surface area contributed by atoms with E-state index in [-0.39, 0.29) is 6.10 Å². The van der Waals surface area contributed by atoms with Gasteiger partial charge in [0, 0.05) is 31.7 Å². The van der Waals surface area contributed by atoms with Crippen LogP contribution in [0.25, 0.3) is 0 Å². The van der Waals surface area contributed by atoms with Crippen molar-refractivity contribution in [2.24, 2.45) is 10.9 Å². The summed E-state index contributed by atoms with van der Waals surface area (Å²) in [6.45, 7) is 10.4. The monoisotopic (exact) mass is 402 g/mol. The highest BCUT2D eigenvalue weighted by Crippen LogP contribution is 2.30. The molecule has 6 nitrogen and oxygen atoms in total. The molecule has 1 aromatic carbocycles. The van der Waals surface area contributed by atoms with Crippen LogP contribution in [0.5, 0.6) is 5.75 Å². The van der Waals surface area contributed by atoms with Gasteiger partial charge in [0.15, 0.2) is 5.96 Å². The van der Waals surface area contributed by atoms with Crippen LogP contribution in [0.1, 0.15) is 50.2 Å². The van der Waals surface area contributed by atoms with E-state index in [0.717, 1.165) is 81.8 Å². The van der Waals surface area contributed by atoms with Crippen molar-refractivity contribution in [3.8, 4) is 5.75 Å². The van der Waals surface area contributed by atoms with Crippen LogP contribution in [0.4, 0.5) is 0 Å². The highest BCUT2D eigenvalue weighted by atomic mass is 16.5. The van der Waals surface area contributed by atoms with Gasteiger partial charge in [-0.2, -0.15) is 0 Å². The van der Waals surface area contributed by atoms with E-state index in [1.54, 1.807) is 0 Å². The Morgan fingerprint density at radius 2 is 2.00 bits per heavy atom. The maximum Gasteiger partial charge on any atom is 0.191 e. The Labute approximate surface area is 175 Å². The molecule has 0 unspecified atom stereocenters. The topological polar surface area (TPSA) is 69.1 Å². The van der Waals surface area contributed by atoms with Gasteiger partial charge in [-0.05, 0) is 70.0 Å². The Morgan fingerprint density at radius 3 is 2.72 bits per heavy atom. The maximum atomic E-state index is 9.61. The first kappa shape index (κ1) is 21.9. The molecule has 3 rings (SSSR count). The van der Waals surface area contributed by atoms with Crippen LogP contribution in [0, 0.1) is 12.8 Å². The molecule has 2 fully saturated rings. The van der Waals surface area contributed by atoms with Gasteiger partial charge in [0.25, 0.3) is 0 Å². The van der Waals surface area contributed by atoms with Crippen molar-refractivity contribution in [2.45, 2.75) is 58.6 Å². The third-order valence-corrected chi connectivity index (χ3v) is 5.65. The first-order valence-electron chi connectivity index (χ1n) is 11.3. The average Bonchev–Trinajstić information content (AvgIpc) is 3.54. The van der Waals surface area contributed by atoms with Gasteiger partial charge < -0.3 is 25.4 Å². The Kier molecular flexibility index (Phi) is 8.62. The van der Waals surface area contributed by atoms with Crippen LogP contribution in [0.3, 0.4) is 0 Å². The summed E-state index contributed by atoms with van der Waals surface area (Å²) in [5, 5.41) is 16.4. The summed E-state index contributed by atoms with van der Waals surface area (Å²) in [7, 11) is 0. The van der Waals surface area contributed by atoms with Gasteiger partial charge >= 0.3 is 0 Å². The fourth-order valence-electron chi connectivity index (χ4n) is 3.58. The molecule has 1 aromatic rings. The predicted molar refractivity (Wildman–Crippen MR) is 119 cm³/mol. The van der Waals surface area contributed by atoms with E-state index in [0.29, 0.717) is 6.54 Å². The number of aliphatic hydroxyl groups excluding tert-OH is 1. The largest absolute Gasteiger partial charge is 0.493 e. The number of nitrogens with one attached hydrogen (secondary N) is 2. The number of likely N-dealkylation sites (tertiary alicyclic amines) is 1. The third kappa shape index (κ3) is 7.86. The fourth-order valence-corrected chi connectivity index (χ4v) is 3.58. The van der Waals surface area contributed by atoms with Crippen molar-refractivity contribution < 1.29 is 9.84 Å². The van der Waals surface area contributed by atoms with Crippen molar-refractivity contribution in [1.82, 2.24) is 15.5 Å². The number of ether oxygens (including phenoxy) is 1. The Morgan fingerprint density at radius 1 is 1.21 bits per heavy atom. The van der Waals surface area contributed by atoms with Crippen LogP contribution in [-0.2, 0) is 6.54 Å². The fraction of sp³-hybridized carbons (Fsp3) is 0.696. The van der Waals surface area contributed by atoms with E-state index in [4.69, 9.17) is 9.73 Å². The molecule has 1 saturated heterocycles. The van der Waals surface area contributed by atoms with Crippen molar-refractivity contribution >= 4 is 5.96 Å². The summed E-state index contributed by atoms with van der Waals surface area (Å²) >= 11 is 0. The zero-order chi connectivity index (χ0) is 20.5. The van der Waals surface area contributed by atoms with E-state index in [1.165, 1.54) is 18.4 Å². The molecule has 162 valence electrons. The standard InChI is InChI=1S/C23H38N4O2/c1-3-24-23(25-11-4-12-27-13-9-21(28)10-14-27)26-16-20-8-5-18(2)15-22(20)29-17-19-6-7-19/h5,8,15,19,21,28H,3-4,6-7,9-14,16-17H2,1-2H3,(H2,24,25,26). The molecule has 0 spiro atoms. The SMILES string of the molecule is CCNC(=NCc1ccc(C)cc1OCC1CC1)NCCCN1CCC(O)CC1. The molecule has 0 amide bonds. The number of hydrogen-bond acceptors (Lipinski definition) is 4. The molecular weight excluding hydrogens is 364 g/mol. The molecule has 1 heterocycles. The second-order valence-corrected chi connectivity index (χ2v) is 8.41. The molecule has 3 N–H and O–H groups in total. The maximum absolute atomic E-state index is 9.61. The van der Waals surface area contributed by atoms with E-state index >= 15 is 0 Å². The summed E-state index contributed by atoms with van der Waals surface area (Å²) in [6.07, 6.45) is 5.37.